The van der Waals surface area contributed by atoms with Crippen molar-refractivity contribution in [1.82, 2.24) is 5.32 Å². The van der Waals surface area contributed by atoms with E-state index in [1.165, 1.54) is 109 Å². The van der Waals surface area contributed by atoms with Crippen molar-refractivity contribution in [2.75, 3.05) is 6.61 Å². The average molecular weight is 638 g/mol. The van der Waals surface area contributed by atoms with E-state index >= 15 is 0 Å². The maximum absolute atomic E-state index is 13.1. The first-order chi connectivity index (χ1) is 21.9. The lowest BCUT2D eigenvalue weighted by Crippen LogP contribution is -2.44. The molecule has 45 heavy (non-hydrogen) atoms. The van der Waals surface area contributed by atoms with E-state index in [0.717, 1.165) is 17.2 Å². The van der Waals surface area contributed by atoms with E-state index in [9.17, 15) is 9.59 Å². The number of esters is 1. The number of hydrogen-bond acceptors (Lipinski definition) is 4. The van der Waals surface area contributed by atoms with Crippen molar-refractivity contribution < 1.29 is 19.1 Å². The number of carbonyl (C=O) groups is 2. The lowest BCUT2D eigenvalue weighted by Gasteiger charge is -2.23. The Bertz CT molecular complexity index is 1010. The molecule has 2 aromatic rings. The number of carbonyl (C=O) groups excluding carboxylic acids is 2. The van der Waals surface area contributed by atoms with Crippen molar-refractivity contribution in [3.63, 3.8) is 0 Å². The van der Waals surface area contributed by atoms with E-state index in [4.69, 9.17) is 9.47 Å². The van der Waals surface area contributed by atoms with Crippen LogP contribution in [0.2, 0.25) is 25.2 Å². The van der Waals surface area contributed by atoms with Gasteiger partial charge in [-0.3, -0.25) is 0 Å². The Morgan fingerprint density at radius 3 is 1.60 bits per heavy atom. The van der Waals surface area contributed by atoms with Crippen molar-refractivity contribution >= 4 is 20.1 Å². The summed E-state index contributed by atoms with van der Waals surface area (Å²) in [6.07, 6.45) is 22.0. The van der Waals surface area contributed by atoms with Crippen molar-refractivity contribution in [3.8, 4) is 0 Å². The van der Waals surface area contributed by atoms with Crippen LogP contribution in [0, 0.1) is 0 Å². The van der Waals surface area contributed by atoms with Gasteiger partial charge in [-0.05, 0) is 17.2 Å². The topological polar surface area (TPSA) is 64.6 Å². The Morgan fingerprint density at radius 1 is 0.622 bits per heavy atom. The van der Waals surface area contributed by atoms with Crippen LogP contribution in [-0.2, 0) is 27.3 Å². The van der Waals surface area contributed by atoms with Gasteiger partial charge in [0.1, 0.15) is 12.6 Å². The molecule has 2 rings (SSSR count). The van der Waals surface area contributed by atoms with Crippen molar-refractivity contribution in [1.29, 1.82) is 0 Å². The Balaban J connectivity index is 1.57. The highest BCUT2D eigenvalue weighted by Crippen LogP contribution is 2.21. The van der Waals surface area contributed by atoms with Gasteiger partial charge < -0.3 is 14.8 Å². The summed E-state index contributed by atoms with van der Waals surface area (Å²) >= 11 is 0. The minimum Gasteiger partial charge on any atom is -0.464 e. The molecule has 0 bridgehead atoms. The molecular weight excluding hydrogens is 575 g/mol. The van der Waals surface area contributed by atoms with Crippen LogP contribution in [0.15, 0.2) is 60.7 Å². The monoisotopic (exact) mass is 637 g/mol. The quantitative estimate of drug-likeness (QED) is 0.0633. The molecule has 0 aliphatic heterocycles. The molecular formula is C39H63NO4Si. The van der Waals surface area contributed by atoms with Gasteiger partial charge >= 0.3 is 12.1 Å². The minimum absolute atomic E-state index is 0.152. The van der Waals surface area contributed by atoms with Crippen LogP contribution >= 0.6 is 0 Å². The molecule has 1 atom stereocenters. The fourth-order valence-corrected chi connectivity index (χ4v) is 7.87. The Kier molecular flexibility index (Phi) is 21.1. The molecule has 0 heterocycles. The third-order valence-electron chi connectivity index (χ3n) is 8.80. The summed E-state index contributed by atoms with van der Waals surface area (Å²) in [5.41, 5.74) is 1.85. The van der Waals surface area contributed by atoms with Crippen molar-refractivity contribution in [2.45, 2.75) is 154 Å². The molecule has 0 fully saturated rings. The zero-order valence-corrected chi connectivity index (χ0v) is 29.8. The van der Waals surface area contributed by atoms with Crippen LogP contribution in [0.3, 0.4) is 0 Å². The lowest BCUT2D eigenvalue weighted by atomic mass is 10.0. The maximum Gasteiger partial charge on any atom is 0.408 e. The maximum atomic E-state index is 13.1. The van der Waals surface area contributed by atoms with Gasteiger partial charge in [0.2, 0.25) is 0 Å². The fourth-order valence-electron chi connectivity index (χ4n) is 5.76. The second-order valence-corrected chi connectivity index (χ2v) is 18.9. The number of rotatable bonds is 26. The van der Waals surface area contributed by atoms with Crippen LogP contribution in [-0.4, -0.2) is 32.8 Å². The number of ether oxygens (including phenoxy) is 2. The van der Waals surface area contributed by atoms with E-state index in [1.807, 2.05) is 60.7 Å². The van der Waals surface area contributed by atoms with E-state index in [-0.39, 0.29) is 6.61 Å². The summed E-state index contributed by atoms with van der Waals surface area (Å²) in [5, 5.41) is 2.74. The predicted molar refractivity (Wildman–Crippen MR) is 191 cm³/mol. The van der Waals surface area contributed by atoms with Gasteiger partial charge in [-0.1, -0.05) is 189 Å². The first-order valence-electron chi connectivity index (χ1n) is 18.1. The average Bonchev–Trinajstić information content (AvgIpc) is 3.04. The van der Waals surface area contributed by atoms with Gasteiger partial charge in [-0.15, -0.1) is 0 Å². The highest BCUT2D eigenvalue weighted by molar-refractivity contribution is 6.77. The second-order valence-electron chi connectivity index (χ2n) is 13.6. The third-order valence-corrected chi connectivity index (χ3v) is 12.1. The van der Waals surface area contributed by atoms with Gasteiger partial charge in [-0.25, -0.2) is 9.59 Å². The Labute approximate surface area is 276 Å². The molecule has 252 valence electrons. The number of amides is 1. The fraction of sp³-hybridized carbons (Fsp3) is 0.641. The number of alkyl carbamates (subject to hydrolysis) is 1. The molecule has 0 aliphatic rings. The van der Waals surface area contributed by atoms with Crippen molar-refractivity contribution in [3.05, 3.63) is 71.8 Å². The van der Waals surface area contributed by atoms with Gasteiger partial charge in [-0.2, -0.15) is 0 Å². The number of hydrogen-bond donors (Lipinski definition) is 1. The molecule has 0 radical (unpaired) electrons. The summed E-state index contributed by atoms with van der Waals surface area (Å²) < 4.78 is 11.1. The summed E-state index contributed by atoms with van der Waals surface area (Å²) in [6.45, 7) is 7.63. The van der Waals surface area contributed by atoms with Gasteiger partial charge in [0.25, 0.3) is 0 Å². The molecule has 0 spiro atoms. The van der Waals surface area contributed by atoms with Crippen LogP contribution in [0.4, 0.5) is 4.79 Å². The van der Waals surface area contributed by atoms with E-state index < -0.39 is 26.2 Å². The molecule has 0 saturated heterocycles. The molecule has 0 unspecified atom stereocenters. The second kappa shape index (κ2) is 24.6. The lowest BCUT2D eigenvalue weighted by molar-refractivity contribution is -0.145. The summed E-state index contributed by atoms with van der Waals surface area (Å²) in [4.78, 5) is 25.6. The SMILES string of the molecule is CCCCCCCCCCCCCCCCCC[Si](C)(C)CCOC(=O)[C@H](Cc1ccccc1)NC(=O)OCc1ccccc1. The first kappa shape index (κ1) is 38.6. The zero-order chi connectivity index (χ0) is 32.4. The normalized spacial score (nSPS) is 12.1. The van der Waals surface area contributed by atoms with E-state index in [1.54, 1.807) is 0 Å². The zero-order valence-electron chi connectivity index (χ0n) is 28.8. The molecule has 1 N–H and O–H groups in total. The number of nitrogens with one attached hydrogen (secondary N) is 1. The smallest absolute Gasteiger partial charge is 0.408 e. The summed E-state index contributed by atoms with van der Waals surface area (Å²) in [6, 6.07) is 20.6. The molecule has 0 aliphatic carbocycles. The Hall–Kier alpha value is -2.60. The summed E-state index contributed by atoms with van der Waals surface area (Å²) in [5.74, 6) is -0.400. The molecule has 0 aromatic heterocycles. The molecule has 0 saturated carbocycles. The van der Waals surface area contributed by atoms with Crippen LogP contribution in [0.5, 0.6) is 0 Å². The molecule has 6 heteroatoms. The molecule has 2 aromatic carbocycles. The van der Waals surface area contributed by atoms with Crippen LogP contribution in [0.25, 0.3) is 0 Å². The van der Waals surface area contributed by atoms with Crippen molar-refractivity contribution in [2.24, 2.45) is 0 Å². The first-order valence-corrected chi connectivity index (χ1v) is 21.5. The van der Waals surface area contributed by atoms with Gasteiger partial charge in [0, 0.05) is 6.42 Å². The predicted octanol–water partition coefficient (Wildman–Crippen LogP) is 11.0. The highest BCUT2D eigenvalue weighted by Gasteiger charge is 2.26. The van der Waals surface area contributed by atoms with Crippen LogP contribution < -0.4 is 5.32 Å². The van der Waals surface area contributed by atoms with Gasteiger partial charge in [0.15, 0.2) is 0 Å². The Morgan fingerprint density at radius 2 is 1.09 bits per heavy atom. The largest absolute Gasteiger partial charge is 0.464 e. The highest BCUT2D eigenvalue weighted by atomic mass is 28.3. The number of unbranched alkanes of at least 4 members (excludes halogenated alkanes) is 15. The van der Waals surface area contributed by atoms with Gasteiger partial charge in [0.05, 0.1) is 14.7 Å². The standard InChI is InChI=1S/C39H63NO4Si/c1-4-5-6-7-8-9-10-11-12-13-14-15-16-17-18-25-31-45(2,3)32-30-43-38(41)37(33-35-26-21-19-22-27-35)40-39(42)44-34-36-28-23-20-24-29-36/h19-24,26-29,37H,4-18,25,30-34H2,1-3H3,(H,40,42)/t37-/m0/s1. The molecule has 1 amide bonds. The third kappa shape index (κ3) is 20.2. The number of benzene rings is 2. The minimum atomic E-state index is -1.46. The van der Waals surface area contributed by atoms with E-state index in [2.05, 4.69) is 25.3 Å². The van der Waals surface area contributed by atoms with Crippen LogP contribution in [0.1, 0.15) is 121 Å². The summed E-state index contributed by atoms with van der Waals surface area (Å²) in [7, 11) is -1.46. The molecule has 5 nitrogen and oxygen atoms in total. The van der Waals surface area contributed by atoms with E-state index in [0.29, 0.717) is 13.0 Å².